The molecule has 1 amide bonds. The number of nitrogens with zero attached hydrogens (tertiary/aromatic N) is 2. The highest BCUT2D eigenvalue weighted by molar-refractivity contribution is 5.74. The maximum Gasteiger partial charge on any atom is 0.219 e. The molecule has 1 rings (SSSR count). The summed E-state index contributed by atoms with van der Waals surface area (Å²) in [5.74, 6) is -0.356. The van der Waals surface area contributed by atoms with Gasteiger partial charge in [-0.1, -0.05) is 0 Å². The molecule has 0 bridgehead atoms. The highest BCUT2D eigenvalue weighted by Crippen LogP contribution is 2.12. The maximum atomic E-state index is 10.6. The summed E-state index contributed by atoms with van der Waals surface area (Å²) in [4.78, 5) is 14.5. The highest BCUT2D eigenvalue weighted by atomic mass is 16.3. The van der Waals surface area contributed by atoms with Crippen molar-refractivity contribution >= 4 is 5.91 Å². The Kier molecular flexibility index (Phi) is 3.02. The number of aliphatic hydroxyl groups is 1. The fraction of sp³-hybridized carbons (Fsp3) is 0.500. The smallest absolute Gasteiger partial charge is 0.219 e. The predicted octanol–water partition coefficient (Wildman–Crippen LogP) is -0.188. The Morgan fingerprint density at radius 2 is 2.54 bits per heavy atom. The first kappa shape index (κ1) is 9.73. The van der Waals surface area contributed by atoms with Gasteiger partial charge in [-0.2, -0.15) is 0 Å². The van der Waals surface area contributed by atoms with E-state index in [0.29, 0.717) is 5.69 Å². The summed E-state index contributed by atoms with van der Waals surface area (Å²) in [6, 6.07) is -0.0536. The molecule has 0 radical (unpaired) electrons. The molecule has 0 fully saturated rings. The van der Waals surface area contributed by atoms with Gasteiger partial charge in [0.25, 0.3) is 0 Å². The van der Waals surface area contributed by atoms with Crippen LogP contribution in [0.3, 0.4) is 0 Å². The quantitative estimate of drug-likeness (QED) is 0.679. The molecule has 1 heterocycles. The molecule has 0 aliphatic heterocycles. The van der Waals surface area contributed by atoms with Crippen LogP contribution >= 0.6 is 0 Å². The molecule has 0 spiro atoms. The molecule has 0 saturated heterocycles. The molecule has 1 atom stereocenters. The van der Waals surface area contributed by atoms with Gasteiger partial charge in [-0.25, -0.2) is 4.98 Å². The first-order valence-electron chi connectivity index (χ1n) is 4.05. The normalized spacial score (nSPS) is 12.8. The summed E-state index contributed by atoms with van der Waals surface area (Å²) in [5.41, 5.74) is 5.74. The van der Waals surface area contributed by atoms with Crippen molar-refractivity contribution in [3.8, 4) is 0 Å². The van der Waals surface area contributed by atoms with Crippen molar-refractivity contribution in [2.45, 2.75) is 26.0 Å². The Labute approximate surface area is 76.2 Å². The van der Waals surface area contributed by atoms with E-state index < -0.39 is 0 Å². The van der Waals surface area contributed by atoms with Gasteiger partial charge in [0, 0.05) is 12.5 Å². The van der Waals surface area contributed by atoms with Crippen molar-refractivity contribution in [3.63, 3.8) is 0 Å². The molecule has 5 nitrogen and oxygen atoms in total. The third-order valence-electron chi connectivity index (χ3n) is 1.88. The van der Waals surface area contributed by atoms with Crippen LogP contribution in [0.4, 0.5) is 0 Å². The number of carbonyl (C=O) groups excluding carboxylic acids is 1. The lowest BCUT2D eigenvalue weighted by molar-refractivity contribution is -0.118. The van der Waals surface area contributed by atoms with Gasteiger partial charge in [0.15, 0.2) is 0 Å². The molecule has 3 N–H and O–H groups in total. The summed E-state index contributed by atoms with van der Waals surface area (Å²) >= 11 is 0. The number of aromatic nitrogens is 2. The minimum Gasteiger partial charge on any atom is -0.390 e. The van der Waals surface area contributed by atoms with Gasteiger partial charge < -0.3 is 15.4 Å². The fourth-order valence-corrected chi connectivity index (χ4v) is 1.24. The third kappa shape index (κ3) is 2.29. The summed E-state index contributed by atoms with van der Waals surface area (Å²) in [7, 11) is 0. The molecule has 1 aromatic rings. The molecule has 1 unspecified atom stereocenters. The van der Waals surface area contributed by atoms with Gasteiger partial charge in [-0.15, -0.1) is 0 Å². The molecule has 5 heteroatoms. The van der Waals surface area contributed by atoms with E-state index in [9.17, 15) is 4.79 Å². The van der Waals surface area contributed by atoms with Crippen LogP contribution < -0.4 is 5.73 Å². The second-order valence-corrected chi connectivity index (χ2v) is 2.97. The number of hydrogen-bond acceptors (Lipinski definition) is 3. The van der Waals surface area contributed by atoms with Gasteiger partial charge >= 0.3 is 0 Å². The van der Waals surface area contributed by atoms with Crippen LogP contribution in [-0.2, 0) is 11.4 Å². The zero-order valence-electron chi connectivity index (χ0n) is 7.47. The van der Waals surface area contributed by atoms with Crippen LogP contribution in [0.25, 0.3) is 0 Å². The Hall–Kier alpha value is -1.36. The zero-order valence-corrected chi connectivity index (χ0v) is 7.47. The molecule has 13 heavy (non-hydrogen) atoms. The number of hydrogen-bond donors (Lipinski definition) is 2. The topological polar surface area (TPSA) is 81.1 Å². The van der Waals surface area contributed by atoms with Gasteiger partial charge in [-0.3, -0.25) is 4.79 Å². The van der Waals surface area contributed by atoms with E-state index >= 15 is 0 Å². The van der Waals surface area contributed by atoms with Crippen molar-refractivity contribution < 1.29 is 9.90 Å². The van der Waals surface area contributed by atoms with Gasteiger partial charge in [0.05, 0.1) is 24.8 Å². The Morgan fingerprint density at radius 1 is 1.85 bits per heavy atom. The van der Waals surface area contributed by atoms with Crippen molar-refractivity contribution in [1.29, 1.82) is 0 Å². The SMILES string of the molecule is CC(CC(N)=O)n1cncc1CO. The van der Waals surface area contributed by atoms with Crippen molar-refractivity contribution in [2.75, 3.05) is 0 Å². The average Bonchev–Trinajstić information content (AvgIpc) is 2.49. The van der Waals surface area contributed by atoms with E-state index in [1.54, 1.807) is 17.1 Å². The molecule has 1 aromatic heterocycles. The van der Waals surface area contributed by atoms with Gasteiger partial charge in [-0.05, 0) is 6.92 Å². The fourth-order valence-electron chi connectivity index (χ4n) is 1.24. The average molecular weight is 183 g/mol. The Balaban J connectivity index is 2.75. The Morgan fingerprint density at radius 3 is 3.08 bits per heavy atom. The van der Waals surface area contributed by atoms with Gasteiger partial charge in [0.2, 0.25) is 5.91 Å². The van der Waals surface area contributed by atoms with Crippen LogP contribution in [0.2, 0.25) is 0 Å². The summed E-state index contributed by atoms with van der Waals surface area (Å²) < 4.78 is 1.74. The first-order chi connectivity index (χ1) is 6.15. The summed E-state index contributed by atoms with van der Waals surface area (Å²) in [6.07, 6.45) is 3.40. The van der Waals surface area contributed by atoms with E-state index in [1.807, 2.05) is 6.92 Å². The summed E-state index contributed by atoms with van der Waals surface area (Å²) in [5, 5.41) is 8.91. The maximum absolute atomic E-state index is 10.6. The predicted molar refractivity (Wildman–Crippen MR) is 46.7 cm³/mol. The van der Waals surface area contributed by atoms with Crippen molar-refractivity contribution in [3.05, 3.63) is 18.2 Å². The Bertz CT molecular complexity index is 295. The minimum atomic E-state index is -0.356. The standard InChI is InChI=1S/C8H13N3O2/c1-6(2-8(9)13)11-5-10-3-7(11)4-12/h3,5-6,12H,2,4H2,1H3,(H2,9,13). The molecule has 0 aliphatic rings. The van der Waals surface area contributed by atoms with E-state index in [2.05, 4.69) is 4.98 Å². The number of imidazole rings is 1. The lowest BCUT2D eigenvalue weighted by Gasteiger charge is -2.13. The minimum absolute atomic E-state index is 0.0536. The molecular formula is C8H13N3O2. The number of aliphatic hydroxyl groups excluding tert-OH is 1. The largest absolute Gasteiger partial charge is 0.390 e. The third-order valence-corrected chi connectivity index (χ3v) is 1.88. The zero-order chi connectivity index (χ0) is 9.84. The van der Waals surface area contributed by atoms with Crippen LogP contribution in [0.15, 0.2) is 12.5 Å². The van der Waals surface area contributed by atoms with E-state index in [-0.39, 0.29) is 25.0 Å². The van der Waals surface area contributed by atoms with Crippen LogP contribution in [0.1, 0.15) is 25.1 Å². The monoisotopic (exact) mass is 183 g/mol. The van der Waals surface area contributed by atoms with Gasteiger partial charge in [0.1, 0.15) is 0 Å². The van der Waals surface area contributed by atoms with E-state index in [1.165, 1.54) is 0 Å². The van der Waals surface area contributed by atoms with E-state index in [0.717, 1.165) is 0 Å². The first-order valence-corrected chi connectivity index (χ1v) is 4.05. The lowest BCUT2D eigenvalue weighted by atomic mass is 10.2. The second-order valence-electron chi connectivity index (χ2n) is 2.97. The number of carbonyl (C=O) groups is 1. The number of nitrogens with two attached hydrogens (primary N) is 1. The molecule has 0 saturated carbocycles. The second kappa shape index (κ2) is 4.04. The lowest BCUT2D eigenvalue weighted by Crippen LogP contribution is -2.18. The number of amides is 1. The molecule has 72 valence electrons. The summed E-state index contributed by atoms with van der Waals surface area (Å²) in [6.45, 7) is 1.77. The van der Waals surface area contributed by atoms with Crippen molar-refractivity contribution in [2.24, 2.45) is 5.73 Å². The molecular weight excluding hydrogens is 170 g/mol. The highest BCUT2D eigenvalue weighted by Gasteiger charge is 2.10. The molecule has 0 aromatic carbocycles. The van der Waals surface area contributed by atoms with Crippen LogP contribution in [0, 0.1) is 0 Å². The van der Waals surface area contributed by atoms with Crippen LogP contribution in [-0.4, -0.2) is 20.6 Å². The van der Waals surface area contributed by atoms with Crippen LogP contribution in [0.5, 0.6) is 0 Å². The number of rotatable bonds is 4. The number of primary amides is 1. The van der Waals surface area contributed by atoms with Crippen molar-refractivity contribution in [1.82, 2.24) is 9.55 Å². The molecule has 0 aliphatic carbocycles. The van der Waals surface area contributed by atoms with E-state index in [4.69, 9.17) is 10.8 Å².